The zero-order valence-corrected chi connectivity index (χ0v) is 14.4. The van der Waals surface area contributed by atoms with Crippen molar-refractivity contribution in [2.45, 2.75) is 18.9 Å². The predicted molar refractivity (Wildman–Crippen MR) is 101 cm³/mol. The van der Waals surface area contributed by atoms with E-state index in [0.717, 1.165) is 12.8 Å². The third kappa shape index (κ3) is 3.53. The molecule has 0 aliphatic heterocycles. The molecule has 0 amide bonds. The van der Waals surface area contributed by atoms with Crippen molar-refractivity contribution in [2.75, 3.05) is 18.5 Å². The van der Waals surface area contributed by atoms with Gasteiger partial charge in [-0.15, -0.1) is 0 Å². The number of nitrogens with zero attached hydrogens (tertiary/aromatic N) is 2. The number of anilines is 1. The normalized spacial score (nSPS) is 15.5. The van der Waals surface area contributed by atoms with Crippen LogP contribution in [0.2, 0.25) is 0 Å². The fourth-order valence-corrected chi connectivity index (χ4v) is 3.38. The molecule has 1 atom stereocenters. The fraction of sp³-hybridized carbons (Fsp3) is 0.238. The van der Waals surface area contributed by atoms with E-state index in [-0.39, 0.29) is 19.3 Å². The van der Waals surface area contributed by atoms with Gasteiger partial charge in [-0.2, -0.15) is 4.98 Å². The molecule has 0 saturated carbocycles. The van der Waals surface area contributed by atoms with Crippen molar-refractivity contribution in [3.63, 3.8) is 0 Å². The molecule has 0 fully saturated rings. The molecule has 0 spiro atoms. The van der Waals surface area contributed by atoms with Crippen molar-refractivity contribution < 1.29 is 9.84 Å². The summed E-state index contributed by atoms with van der Waals surface area (Å²) in [7, 11) is 0. The Morgan fingerprint density at radius 1 is 1.08 bits per heavy atom. The molecule has 1 aromatic heterocycles. The largest absolute Gasteiger partial charge is 0.474 e. The topological polar surface area (TPSA) is 67.3 Å². The van der Waals surface area contributed by atoms with E-state index in [2.05, 4.69) is 57.7 Å². The smallest absolute Gasteiger partial charge is 0.234 e. The van der Waals surface area contributed by atoms with Crippen LogP contribution in [-0.2, 0) is 6.42 Å². The Kier molecular flexibility index (Phi) is 4.80. The highest BCUT2D eigenvalue weighted by Gasteiger charge is 2.23. The minimum Gasteiger partial charge on any atom is -0.474 e. The van der Waals surface area contributed by atoms with Crippen LogP contribution in [-0.4, -0.2) is 28.3 Å². The number of aromatic nitrogens is 2. The van der Waals surface area contributed by atoms with E-state index in [9.17, 15) is 0 Å². The number of benzene rings is 2. The Bertz CT molecular complexity index is 883. The lowest BCUT2D eigenvalue weighted by Crippen LogP contribution is -2.10. The molecule has 2 aromatic carbocycles. The summed E-state index contributed by atoms with van der Waals surface area (Å²) >= 11 is 0. The lowest BCUT2D eigenvalue weighted by Gasteiger charge is -2.16. The van der Waals surface area contributed by atoms with Gasteiger partial charge in [0.05, 0.1) is 25.0 Å². The van der Waals surface area contributed by atoms with E-state index in [4.69, 9.17) is 9.84 Å². The summed E-state index contributed by atoms with van der Waals surface area (Å²) < 4.78 is 5.34. The number of aliphatic hydroxyl groups excluding tert-OH is 1. The number of ether oxygens (including phenoxy) is 1. The molecular formula is C21H21N3O2. The van der Waals surface area contributed by atoms with Crippen molar-refractivity contribution in [2.24, 2.45) is 0 Å². The van der Waals surface area contributed by atoms with Gasteiger partial charge in [-0.05, 0) is 41.2 Å². The average Bonchev–Trinajstić information content (AvgIpc) is 3.09. The maximum atomic E-state index is 8.87. The van der Waals surface area contributed by atoms with Crippen molar-refractivity contribution in [3.8, 4) is 17.0 Å². The maximum Gasteiger partial charge on any atom is 0.234 e. The minimum absolute atomic E-state index is 0.0440. The van der Waals surface area contributed by atoms with Gasteiger partial charge in [0.1, 0.15) is 12.4 Å². The molecule has 5 heteroatoms. The SMILES string of the molecule is OCCOc1cncc(NC2CCc3ccc(-c4ccccc4)cc32)n1. The van der Waals surface area contributed by atoms with Crippen molar-refractivity contribution in [3.05, 3.63) is 72.1 Å². The molecule has 4 rings (SSSR count). The second-order valence-electron chi connectivity index (χ2n) is 6.33. The number of aliphatic hydroxyl groups is 1. The van der Waals surface area contributed by atoms with Crippen LogP contribution in [0.3, 0.4) is 0 Å². The molecule has 2 N–H and O–H groups in total. The second kappa shape index (κ2) is 7.54. The molecule has 132 valence electrons. The first-order chi connectivity index (χ1) is 12.8. The summed E-state index contributed by atoms with van der Waals surface area (Å²) in [6.07, 6.45) is 5.33. The Morgan fingerprint density at radius 2 is 1.96 bits per heavy atom. The third-order valence-corrected chi connectivity index (χ3v) is 4.61. The first-order valence-corrected chi connectivity index (χ1v) is 8.84. The van der Waals surface area contributed by atoms with Crippen LogP contribution < -0.4 is 10.1 Å². The summed E-state index contributed by atoms with van der Waals surface area (Å²) in [5, 5.41) is 12.3. The van der Waals surface area contributed by atoms with Gasteiger partial charge >= 0.3 is 0 Å². The standard InChI is InChI=1S/C21H21N3O2/c25-10-11-26-21-14-22-13-20(24-21)23-19-9-8-16-6-7-17(12-18(16)19)15-4-2-1-3-5-15/h1-7,12-14,19,25H,8-11H2,(H,23,24). The van der Waals surface area contributed by atoms with Crippen molar-refractivity contribution >= 4 is 5.82 Å². The molecule has 5 nitrogen and oxygen atoms in total. The molecule has 1 aliphatic rings. The van der Waals surface area contributed by atoms with Gasteiger partial charge in [0.15, 0.2) is 0 Å². The minimum atomic E-state index is -0.0440. The van der Waals surface area contributed by atoms with E-state index >= 15 is 0 Å². The van der Waals surface area contributed by atoms with Crippen LogP contribution in [0.15, 0.2) is 60.9 Å². The molecule has 1 aliphatic carbocycles. The lowest BCUT2D eigenvalue weighted by atomic mass is 9.99. The molecule has 0 bridgehead atoms. The molecule has 3 aromatic rings. The van der Waals surface area contributed by atoms with Gasteiger partial charge in [-0.3, -0.25) is 4.98 Å². The Morgan fingerprint density at radius 3 is 2.81 bits per heavy atom. The number of nitrogens with one attached hydrogen (secondary N) is 1. The van der Waals surface area contributed by atoms with Gasteiger partial charge in [0.25, 0.3) is 0 Å². The average molecular weight is 347 g/mol. The lowest BCUT2D eigenvalue weighted by molar-refractivity contribution is 0.196. The fourth-order valence-electron chi connectivity index (χ4n) is 3.38. The van der Waals surface area contributed by atoms with Gasteiger partial charge in [0.2, 0.25) is 5.88 Å². The summed E-state index contributed by atoms with van der Waals surface area (Å²) in [4.78, 5) is 8.59. The molecule has 26 heavy (non-hydrogen) atoms. The molecule has 0 radical (unpaired) electrons. The third-order valence-electron chi connectivity index (χ3n) is 4.61. The number of aryl methyl sites for hydroxylation is 1. The number of fused-ring (bicyclic) bond motifs is 1. The molecule has 1 heterocycles. The molecule has 1 unspecified atom stereocenters. The summed E-state index contributed by atoms with van der Waals surface area (Å²) in [5.74, 6) is 1.10. The van der Waals surface area contributed by atoms with E-state index in [0.29, 0.717) is 11.7 Å². The van der Waals surface area contributed by atoms with Crippen LogP contribution in [0.1, 0.15) is 23.6 Å². The summed E-state index contributed by atoms with van der Waals surface area (Å²) in [5.41, 5.74) is 5.14. The van der Waals surface area contributed by atoms with E-state index in [1.807, 2.05) is 6.07 Å². The molecule has 0 saturated heterocycles. The van der Waals surface area contributed by atoms with Crippen molar-refractivity contribution in [1.82, 2.24) is 9.97 Å². The van der Waals surface area contributed by atoms with E-state index in [1.54, 1.807) is 12.4 Å². The van der Waals surface area contributed by atoms with Gasteiger partial charge in [0, 0.05) is 0 Å². The highest BCUT2D eigenvalue weighted by Crippen LogP contribution is 2.36. The zero-order chi connectivity index (χ0) is 17.8. The maximum absolute atomic E-state index is 8.87. The number of hydrogen-bond acceptors (Lipinski definition) is 5. The van der Waals surface area contributed by atoms with Crippen LogP contribution in [0, 0.1) is 0 Å². The zero-order valence-electron chi connectivity index (χ0n) is 14.4. The highest BCUT2D eigenvalue weighted by atomic mass is 16.5. The first kappa shape index (κ1) is 16.5. The first-order valence-electron chi connectivity index (χ1n) is 8.84. The summed E-state index contributed by atoms with van der Waals surface area (Å²) in [6.45, 7) is 0.169. The second-order valence-corrected chi connectivity index (χ2v) is 6.33. The predicted octanol–water partition coefficient (Wildman–Crippen LogP) is 3.61. The summed E-state index contributed by atoms with van der Waals surface area (Å²) in [6, 6.07) is 17.3. The quantitative estimate of drug-likeness (QED) is 0.713. The number of rotatable bonds is 6. The number of hydrogen-bond donors (Lipinski definition) is 2. The van der Waals surface area contributed by atoms with Gasteiger partial charge in [-0.25, -0.2) is 0 Å². The monoisotopic (exact) mass is 347 g/mol. The van der Waals surface area contributed by atoms with Crippen LogP contribution in [0.5, 0.6) is 5.88 Å². The van der Waals surface area contributed by atoms with Crippen LogP contribution in [0.4, 0.5) is 5.82 Å². The van der Waals surface area contributed by atoms with Crippen LogP contribution in [0.25, 0.3) is 11.1 Å². The highest BCUT2D eigenvalue weighted by molar-refractivity contribution is 5.66. The van der Waals surface area contributed by atoms with E-state index in [1.165, 1.54) is 22.3 Å². The molecular weight excluding hydrogens is 326 g/mol. The Balaban J connectivity index is 1.56. The van der Waals surface area contributed by atoms with E-state index < -0.39 is 0 Å². The Hall–Kier alpha value is -2.92. The van der Waals surface area contributed by atoms with Crippen LogP contribution >= 0.6 is 0 Å². The van der Waals surface area contributed by atoms with Gasteiger partial charge in [-0.1, -0.05) is 42.5 Å². The van der Waals surface area contributed by atoms with Gasteiger partial charge < -0.3 is 15.2 Å². The Labute approximate surface area is 152 Å². The van der Waals surface area contributed by atoms with Crippen molar-refractivity contribution in [1.29, 1.82) is 0 Å².